The maximum atomic E-state index is 13.8. The van der Waals surface area contributed by atoms with Crippen LogP contribution >= 0.6 is 23.4 Å². The molecule has 0 bridgehead atoms. The summed E-state index contributed by atoms with van der Waals surface area (Å²) in [6.07, 6.45) is -1.23. The van der Waals surface area contributed by atoms with E-state index in [0.717, 1.165) is 24.6 Å². The number of nitrogens with zero attached hydrogens (tertiary/aromatic N) is 3. The van der Waals surface area contributed by atoms with Crippen molar-refractivity contribution in [3.05, 3.63) is 63.9 Å². The molecule has 1 aliphatic rings. The largest absolute Gasteiger partial charge is 0.336 e. The summed E-state index contributed by atoms with van der Waals surface area (Å²) in [4.78, 5) is 32.6. The first kappa shape index (κ1) is 23.7. The number of carbonyl (C=O) groups is 1. The number of carbonyl (C=O) groups excluding carboxylic acids is 1. The lowest BCUT2D eigenvalue weighted by molar-refractivity contribution is -0.130. The predicted octanol–water partition coefficient (Wildman–Crippen LogP) is 5.21. The lowest BCUT2D eigenvalue weighted by atomic mass is 10.2. The number of fused-ring (bicyclic) bond motifs is 1. The number of aromatic nitrogens is 2. The average Bonchev–Trinajstić information content (AvgIpc) is 3.14. The Morgan fingerprint density at radius 2 is 1.91 bits per heavy atom. The fraction of sp³-hybridized carbons (Fsp3) is 0.375. The third kappa shape index (κ3) is 5.06. The molecule has 3 aromatic rings. The van der Waals surface area contributed by atoms with Crippen LogP contribution in [0.4, 0.5) is 8.78 Å². The Hall–Kier alpha value is -2.45. The number of likely N-dealkylation sites (tertiary alicyclic amines) is 1. The highest BCUT2D eigenvalue weighted by Gasteiger charge is 2.38. The first-order chi connectivity index (χ1) is 15.9. The topological polar surface area (TPSA) is 55.2 Å². The van der Waals surface area contributed by atoms with Crippen LogP contribution in [0.2, 0.25) is 5.02 Å². The Morgan fingerprint density at radius 3 is 2.61 bits per heavy atom. The number of benzene rings is 2. The van der Waals surface area contributed by atoms with Crippen LogP contribution in [-0.4, -0.2) is 51.0 Å². The monoisotopic (exact) mass is 491 g/mol. The maximum absolute atomic E-state index is 13.8. The number of halogens is 3. The van der Waals surface area contributed by atoms with E-state index in [1.54, 1.807) is 48.5 Å². The fourth-order valence-corrected chi connectivity index (χ4v) is 5.31. The van der Waals surface area contributed by atoms with Gasteiger partial charge in [0, 0.05) is 5.02 Å². The van der Waals surface area contributed by atoms with Gasteiger partial charge in [-0.05, 0) is 36.8 Å². The van der Waals surface area contributed by atoms with Gasteiger partial charge in [0.1, 0.15) is 0 Å². The summed E-state index contributed by atoms with van der Waals surface area (Å²) in [5, 5.41) is 0.615. The molecule has 4 rings (SSSR count). The molecule has 3 atom stereocenters. The average molecular weight is 492 g/mol. The number of thioether (sulfide) groups is 1. The van der Waals surface area contributed by atoms with E-state index in [-0.39, 0.29) is 24.6 Å². The van der Waals surface area contributed by atoms with Crippen molar-refractivity contribution in [2.24, 2.45) is 0 Å². The molecule has 2 heterocycles. The van der Waals surface area contributed by atoms with E-state index in [0.29, 0.717) is 33.2 Å². The zero-order valence-corrected chi connectivity index (χ0v) is 19.7. The molecular formula is C24H24ClF2N3O2S. The van der Waals surface area contributed by atoms with E-state index in [4.69, 9.17) is 16.6 Å². The molecule has 1 amide bonds. The summed E-state index contributed by atoms with van der Waals surface area (Å²) in [7, 11) is 0. The molecule has 9 heteroatoms. The quantitative estimate of drug-likeness (QED) is 0.336. The van der Waals surface area contributed by atoms with E-state index >= 15 is 0 Å². The van der Waals surface area contributed by atoms with E-state index < -0.39 is 17.6 Å². The number of hydrogen-bond acceptors (Lipinski definition) is 4. The minimum atomic E-state index is -1.67. The van der Waals surface area contributed by atoms with Gasteiger partial charge >= 0.3 is 0 Å². The van der Waals surface area contributed by atoms with E-state index in [9.17, 15) is 18.4 Å². The zero-order valence-electron chi connectivity index (χ0n) is 18.1. The lowest BCUT2D eigenvalue weighted by Crippen LogP contribution is -2.37. The molecule has 1 saturated heterocycles. The van der Waals surface area contributed by atoms with Crippen molar-refractivity contribution in [2.75, 3.05) is 13.1 Å². The minimum Gasteiger partial charge on any atom is -0.336 e. The first-order valence-corrected chi connectivity index (χ1v) is 12.2. The van der Waals surface area contributed by atoms with Crippen molar-refractivity contribution < 1.29 is 13.6 Å². The Labute approximate surface area is 199 Å². The molecule has 0 saturated carbocycles. The second kappa shape index (κ2) is 10.2. The van der Waals surface area contributed by atoms with E-state index in [1.807, 2.05) is 6.92 Å². The van der Waals surface area contributed by atoms with Gasteiger partial charge in [0.25, 0.3) is 5.56 Å². The molecule has 1 unspecified atom stereocenters. The molecule has 1 fully saturated rings. The number of para-hydroxylation sites is 1. The summed E-state index contributed by atoms with van der Waals surface area (Å²) in [6, 6.07) is 13.9. The number of rotatable bonds is 7. The molecule has 0 aliphatic carbocycles. The molecule has 174 valence electrons. The molecule has 1 aromatic heterocycles. The van der Waals surface area contributed by atoms with Crippen LogP contribution in [-0.2, 0) is 4.79 Å². The third-order valence-electron chi connectivity index (χ3n) is 5.65. The second-order valence-corrected chi connectivity index (χ2v) is 9.66. The van der Waals surface area contributed by atoms with Gasteiger partial charge in [0.2, 0.25) is 5.91 Å². The van der Waals surface area contributed by atoms with E-state index in [2.05, 4.69) is 0 Å². The van der Waals surface area contributed by atoms with Crippen LogP contribution in [0.3, 0.4) is 0 Å². The highest BCUT2D eigenvalue weighted by Crippen LogP contribution is 2.31. The SMILES string of the molecule is CCCCC(Sc1nc2ccccc2c(=O)n1-c1cccc(Cl)c1)C(=O)N1C[C@H](F)[C@@H](F)C1. The maximum Gasteiger partial charge on any atom is 0.266 e. The van der Waals surface area contributed by atoms with Crippen LogP contribution in [0.1, 0.15) is 26.2 Å². The van der Waals surface area contributed by atoms with Crippen LogP contribution in [0.25, 0.3) is 16.6 Å². The summed E-state index contributed by atoms with van der Waals surface area (Å²) in [5.74, 6) is -0.337. The molecule has 0 radical (unpaired) electrons. The van der Waals surface area contributed by atoms with Gasteiger partial charge in [0.15, 0.2) is 17.5 Å². The molecule has 1 aliphatic heterocycles. The molecule has 33 heavy (non-hydrogen) atoms. The van der Waals surface area contributed by atoms with Gasteiger partial charge in [-0.1, -0.05) is 61.3 Å². The van der Waals surface area contributed by atoms with Gasteiger partial charge < -0.3 is 4.90 Å². The number of hydrogen-bond donors (Lipinski definition) is 0. The standard InChI is InChI=1S/C24H24ClF2N3O2S/c1-2-3-11-21(23(32)29-13-18(26)19(27)14-29)33-24-28-20-10-5-4-9-17(20)22(31)30(24)16-8-6-7-15(25)12-16/h4-10,12,18-19,21H,2-3,11,13-14H2,1H3/t18-,19-,21?/m0/s1. The van der Waals surface area contributed by atoms with E-state index in [1.165, 1.54) is 9.47 Å². The Bertz CT molecular complexity index is 1210. The molecule has 0 N–H and O–H groups in total. The number of amides is 1. The van der Waals surface area contributed by atoms with Crippen molar-refractivity contribution >= 4 is 40.2 Å². The lowest BCUT2D eigenvalue weighted by Gasteiger charge is -2.23. The summed E-state index contributed by atoms with van der Waals surface area (Å²) < 4.78 is 29.0. The van der Waals surface area contributed by atoms with Crippen molar-refractivity contribution in [1.82, 2.24) is 14.5 Å². The van der Waals surface area contributed by atoms with Crippen LogP contribution < -0.4 is 5.56 Å². The first-order valence-electron chi connectivity index (χ1n) is 10.9. The van der Waals surface area contributed by atoms with Crippen molar-refractivity contribution in [2.45, 2.75) is 48.9 Å². The summed E-state index contributed by atoms with van der Waals surface area (Å²) >= 11 is 7.34. The van der Waals surface area contributed by atoms with Gasteiger partial charge in [-0.15, -0.1) is 0 Å². The van der Waals surface area contributed by atoms with Crippen molar-refractivity contribution in [1.29, 1.82) is 0 Å². The second-order valence-electron chi connectivity index (χ2n) is 8.06. The highest BCUT2D eigenvalue weighted by atomic mass is 35.5. The van der Waals surface area contributed by atoms with Crippen molar-refractivity contribution in [3.63, 3.8) is 0 Å². The normalized spacial score (nSPS) is 19.2. The van der Waals surface area contributed by atoms with Crippen LogP contribution in [0.15, 0.2) is 58.5 Å². The van der Waals surface area contributed by atoms with Gasteiger partial charge in [0.05, 0.1) is 34.9 Å². The molecular weight excluding hydrogens is 468 g/mol. The fourth-order valence-electron chi connectivity index (χ4n) is 3.89. The van der Waals surface area contributed by atoms with Gasteiger partial charge in [-0.3, -0.25) is 14.2 Å². The predicted molar refractivity (Wildman–Crippen MR) is 128 cm³/mol. The number of alkyl halides is 2. The Morgan fingerprint density at radius 1 is 1.18 bits per heavy atom. The minimum absolute atomic E-state index is 0.255. The highest BCUT2D eigenvalue weighted by molar-refractivity contribution is 8.00. The van der Waals surface area contributed by atoms with Crippen LogP contribution in [0, 0.1) is 0 Å². The zero-order chi connectivity index (χ0) is 23.5. The Balaban J connectivity index is 1.78. The van der Waals surface area contributed by atoms with Crippen LogP contribution in [0.5, 0.6) is 0 Å². The van der Waals surface area contributed by atoms with Crippen molar-refractivity contribution in [3.8, 4) is 5.69 Å². The summed E-state index contributed by atoms with van der Waals surface area (Å²) in [5.41, 5.74) is 0.767. The molecule has 5 nitrogen and oxygen atoms in total. The number of unbranched alkanes of at least 4 members (excludes halogenated alkanes) is 1. The Kier molecular flexibility index (Phi) is 7.34. The molecule has 2 aromatic carbocycles. The van der Waals surface area contributed by atoms with Gasteiger partial charge in [-0.2, -0.15) is 0 Å². The summed E-state index contributed by atoms with van der Waals surface area (Å²) in [6.45, 7) is 1.50. The van der Waals surface area contributed by atoms with Gasteiger partial charge in [-0.25, -0.2) is 13.8 Å². The smallest absolute Gasteiger partial charge is 0.266 e. The molecule has 0 spiro atoms. The third-order valence-corrected chi connectivity index (χ3v) is 7.09.